The molecule has 1 atom stereocenters. The highest BCUT2D eigenvalue weighted by atomic mass is 32.1. The van der Waals surface area contributed by atoms with E-state index in [-0.39, 0.29) is 24.4 Å². The van der Waals surface area contributed by atoms with Gasteiger partial charge in [0.25, 0.3) is 5.91 Å². The van der Waals surface area contributed by atoms with E-state index in [0.717, 1.165) is 32.2 Å². The molecule has 0 radical (unpaired) electrons. The lowest BCUT2D eigenvalue weighted by Crippen LogP contribution is -2.42. The molecule has 0 saturated carbocycles. The van der Waals surface area contributed by atoms with Crippen molar-refractivity contribution in [1.82, 2.24) is 10.2 Å². The standard InChI is InChI=1S/C19H22N2O2S/c22-18(14-20-19(23)17-9-5-13-24-17)21-12-4-8-16(21)11-10-15-6-2-1-3-7-15/h1-3,5-7,9,13,16H,4,8,10-12,14H2,(H,20,23). The van der Waals surface area contributed by atoms with Crippen molar-refractivity contribution < 1.29 is 9.59 Å². The molecule has 2 aromatic rings. The number of rotatable bonds is 6. The summed E-state index contributed by atoms with van der Waals surface area (Å²) in [4.78, 5) is 27.0. The van der Waals surface area contributed by atoms with Crippen LogP contribution in [0.15, 0.2) is 47.8 Å². The summed E-state index contributed by atoms with van der Waals surface area (Å²) in [7, 11) is 0. The first-order valence-electron chi connectivity index (χ1n) is 8.39. The molecule has 1 aromatic heterocycles. The molecule has 1 N–H and O–H groups in total. The minimum Gasteiger partial charge on any atom is -0.342 e. The summed E-state index contributed by atoms with van der Waals surface area (Å²) in [5.74, 6) is -0.145. The van der Waals surface area contributed by atoms with Gasteiger partial charge in [0, 0.05) is 12.6 Å². The second kappa shape index (κ2) is 8.11. The lowest BCUT2D eigenvalue weighted by atomic mass is 10.0. The van der Waals surface area contributed by atoms with Crippen LogP contribution < -0.4 is 5.32 Å². The number of likely N-dealkylation sites (tertiary alicyclic amines) is 1. The monoisotopic (exact) mass is 342 g/mol. The minimum absolute atomic E-state index is 0.0236. The number of aryl methyl sites for hydroxylation is 1. The van der Waals surface area contributed by atoms with Gasteiger partial charge in [0.1, 0.15) is 0 Å². The zero-order valence-corrected chi connectivity index (χ0v) is 14.4. The Morgan fingerprint density at radius 1 is 1.17 bits per heavy atom. The summed E-state index contributed by atoms with van der Waals surface area (Å²) in [6.07, 6.45) is 4.06. The third-order valence-corrected chi connectivity index (χ3v) is 5.32. The van der Waals surface area contributed by atoms with E-state index in [4.69, 9.17) is 0 Å². The first kappa shape index (κ1) is 16.7. The van der Waals surface area contributed by atoms with Gasteiger partial charge in [-0.1, -0.05) is 36.4 Å². The van der Waals surface area contributed by atoms with E-state index in [1.54, 1.807) is 6.07 Å². The number of thiophene rings is 1. The highest BCUT2D eigenvalue weighted by molar-refractivity contribution is 7.12. The molecule has 0 spiro atoms. The zero-order chi connectivity index (χ0) is 16.8. The highest BCUT2D eigenvalue weighted by Gasteiger charge is 2.28. The van der Waals surface area contributed by atoms with Crippen LogP contribution >= 0.6 is 11.3 Å². The molecule has 1 aliphatic heterocycles. The lowest BCUT2D eigenvalue weighted by Gasteiger charge is -2.25. The molecule has 0 bridgehead atoms. The van der Waals surface area contributed by atoms with Crippen LogP contribution in [0.1, 0.15) is 34.5 Å². The number of nitrogens with zero attached hydrogens (tertiary/aromatic N) is 1. The SMILES string of the molecule is O=C(NCC(=O)N1CCCC1CCc1ccccc1)c1cccs1. The maximum atomic E-state index is 12.5. The van der Waals surface area contributed by atoms with Gasteiger partial charge in [-0.25, -0.2) is 0 Å². The topological polar surface area (TPSA) is 49.4 Å². The number of carbonyl (C=O) groups is 2. The summed E-state index contributed by atoms with van der Waals surface area (Å²) in [6.45, 7) is 0.881. The van der Waals surface area contributed by atoms with Crippen molar-refractivity contribution in [3.05, 3.63) is 58.3 Å². The smallest absolute Gasteiger partial charge is 0.261 e. The molecule has 24 heavy (non-hydrogen) atoms. The van der Waals surface area contributed by atoms with E-state index in [1.807, 2.05) is 34.5 Å². The Morgan fingerprint density at radius 3 is 2.75 bits per heavy atom. The fourth-order valence-electron chi connectivity index (χ4n) is 3.19. The average molecular weight is 342 g/mol. The highest BCUT2D eigenvalue weighted by Crippen LogP contribution is 2.22. The van der Waals surface area contributed by atoms with Crippen molar-refractivity contribution in [2.45, 2.75) is 31.7 Å². The van der Waals surface area contributed by atoms with Gasteiger partial charge in [0.05, 0.1) is 11.4 Å². The molecule has 1 aromatic carbocycles. The van der Waals surface area contributed by atoms with Gasteiger partial charge in [-0.3, -0.25) is 9.59 Å². The first-order valence-corrected chi connectivity index (χ1v) is 9.27. The molecule has 3 rings (SSSR count). The average Bonchev–Trinajstić information content (AvgIpc) is 3.30. The van der Waals surface area contributed by atoms with Gasteiger partial charge in [-0.05, 0) is 42.7 Å². The molecule has 126 valence electrons. The minimum atomic E-state index is -0.168. The van der Waals surface area contributed by atoms with E-state index in [0.29, 0.717) is 4.88 Å². The first-order chi connectivity index (χ1) is 11.7. The van der Waals surface area contributed by atoms with E-state index >= 15 is 0 Å². The Labute approximate surface area is 146 Å². The Kier molecular flexibility index (Phi) is 5.64. The number of benzene rings is 1. The van der Waals surface area contributed by atoms with Gasteiger partial charge in [-0.2, -0.15) is 0 Å². The molecule has 1 saturated heterocycles. The Morgan fingerprint density at radius 2 is 2.00 bits per heavy atom. The van der Waals surface area contributed by atoms with Crippen molar-refractivity contribution in [3.8, 4) is 0 Å². The Bertz CT molecular complexity index is 670. The second-order valence-electron chi connectivity index (χ2n) is 6.07. The largest absolute Gasteiger partial charge is 0.342 e. The van der Waals surface area contributed by atoms with Gasteiger partial charge < -0.3 is 10.2 Å². The molecule has 2 amide bonds. The predicted molar refractivity (Wildman–Crippen MR) is 96.2 cm³/mol. The number of hydrogen-bond donors (Lipinski definition) is 1. The molecule has 1 unspecified atom stereocenters. The molecule has 5 heteroatoms. The second-order valence-corrected chi connectivity index (χ2v) is 7.02. The van der Waals surface area contributed by atoms with Crippen molar-refractivity contribution in [3.63, 3.8) is 0 Å². The van der Waals surface area contributed by atoms with E-state index in [9.17, 15) is 9.59 Å². The van der Waals surface area contributed by atoms with Gasteiger partial charge in [-0.15, -0.1) is 11.3 Å². The maximum absolute atomic E-state index is 12.5. The summed E-state index contributed by atoms with van der Waals surface area (Å²) >= 11 is 1.38. The maximum Gasteiger partial charge on any atom is 0.261 e. The zero-order valence-electron chi connectivity index (χ0n) is 13.6. The van der Waals surface area contributed by atoms with Gasteiger partial charge in [0.15, 0.2) is 0 Å². The van der Waals surface area contributed by atoms with Crippen LogP contribution in [0.2, 0.25) is 0 Å². The van der Waals surface area contributed by atoms with Crippen molar-refractivity contribution in [1.29, 1.82) is 0 Å². The van der Waals surface area contributed by atoms with Gasteiger partial charge in [0.2, 0.25) is 5.91 Å². The summed E-state index contributed by atoms with van der Waals surface area (Å²) in [5.41, 5.74) is 1.31. The fraction of sp³-hybridized carbons (Fsp3) is 0.368. The van der Waals surface area contributed by atoms with Crippen LogP contribution in [0, 0.1) is 0 Å². The molecule has 1 aliphatic rings. The van der Waals surface area contributed by atoms with Crippen molar-refractivity contribution >= 4 is 23.2 Å². The van der Waals surface area contributed by atoms with E-state index in [1.165, 1.54) is 16.9 Å². The van der Waals surface area contributed by atoms with Crippen molar-refractivity contribution in [2.24, 2.45) is 0 Å². The number of hydrogen-bond acceptors (Lipinski definition) is 3. The third kappa shape index (κ3) is 4.23. The molecule has 4 nitrogen and oxygen atoms in total. The van der Waals surface area contributed by atoms with Crippen LogP contribution in [-0.2, 0) is 11.2 Å². The molecular weight excluding hydrogens is 320 g/mol. The molecule has 0 aliphatic carbocycles. The Balaban J connectivity index is 1.49. The number of carbonyl (C=O) groups excluding carboxylic acids is 2. The van der Waals surface area contributed by atoms with Crippen LogP contribution in [0.4, 0.5) is 0 Å². The summed E-state index contributed by atoms with van der Waals surface area (Å²) in [6, 6.07) is 14.3. The lowest BCUT2D eigenvalue weighted by molar-refractivity contribution is -0.131. The summed E-state index contributed by atoms with van der Waals surface area (Å²) < 4.78 is 0. The Hall–Kier alpha value is -2.14. The molecular formula is C19H22N2O2S. The van der Waals surface area contributed by atoms with Crippen molar-refractivity contribution in [2.75, 3.05) is 13.1 Å². The summed E-state index contributed by atoms with van der Waals surface area (Å²) in [5, 5.41) is 4.59. The fourth-order valence-corrected chi connectivity index (χ4v) is 3.83. The third-order valence-electron chi connectivity index (χ3n) is 4.45. The van der Waals surface area contributed by atoms with Crippen LogP contribution in [-0.4, -0.2) is 35.8 Å². The van der Waals surface area contributed by atoms with Crippen LogP contribution in [0.5, 0.6) is 0 Å². The number of nitrogens with one attached hydrogen (secondary N) is 1. The molecule has 2 heterocycles. The normalized spacial score (nSPS) is 17.0. The molecule has 1 fully saturated rings. The van der Waals surface area contributed by atoms with Crippen LogP contribution in [0.3, 0.4) is 0 Å². The number of amides is 2. The van der Waals surface area contributed by atoms with E-state index < -0.39 is 0 Å². The predicted octanol–water partition coefficient (Wildman–Crippen LogP) is 3.10. The van der Waals surface area contributed by atoms with Gasteiger partial charge >= 0.3 is 0 Å². The quantitative estimate of drug-likeness (QED) is 0.877. The van der Waals surface area contributed by atoms with Crippen LogP contribution in [0.25, 0.3) is 0 Å². The van der Waals surface area contributed by atoms with E-state index in [2.05, 4.69) is 17.4 Å².